The van der Waals surface area contributed by atoms with Gasteiger partial charge in [-0.25, -0.2) is 4.98 Å². The number of hydrogen-bond donors (Lipinski definition) is 3. The van der Waals surface area contributed by atoms with Gasteiger partial charge in [0, 0.05) is 18.3 Å². The zero-order chi connectivity index (χ0) is 12.0. The molecule has 16 heavy (non-hydrogen) atoms. The monoisotopic (exact) mass is 242 g/mol. The first-order valence-corrected chi connectivity index (χ1v) is 6.17. The van der Waals surface area contributed by atoms with Crippen LogP contribution in [0.3, 0.4) is 0 Å². The molecule has 5 nitrogen and oxygen atoms in total. The zero-order valence-corrected chi connectivity index (χ0v) is 10.4. The minimum Gasteiger partial charge on any atom is -0.409 e. The van der Waals surface area contributed by atoms with Crippen molar-refractivity contribution in [2.75, 3.05) is 6.54 Å². The maximum atomic E-state index is 8.57. The number of thiazole rings is 1. The predicted octanol–water partition coefficient (Wildman–Crippen LogP) is 1.11. The average molecular weight is 242 g/mol. The van der Waals surface area contributed by atoms with Crippen molar-refractivity contribution < 1.29 is 5.21 Å². The molecule has 1 aromatic heterocycles. The molecule has 1 atom stereocenters. The van der Waals surface area contributed by atoms with E-state index in [4.69, 9.17) is 10.9 Å². The molecule has 0 bridgehead atoms. The van der Waals surface area contributed by atoms with Crippen LogP contribution in [0, 0.1) is 6.92 Å². The minimum absolute atomic E-state index is 0.0651. The second-order valence-electron chi connectivity index (χ2n) is 3.55. The summed E-state index contributed by atoms with van der Waals surface area (Å²) in [4.78, 5) is 4.37. The Morgan fingerprint density at radius 1 is 1.75 bits per heavy atom. The summed E-state index contributed by atoms with van der Waals surface area (Å²) in [7, 11) is 0. The maximum absolute atomic E-state index is 8.57. The third-order valence-electron chi connectivity index (χ3n) is 2.32. The van der Waals surface area contributed by atoms with Crippen LogP contribution < -0.4 is 11.1 Å². The zero-order valence-electron chi connectivity index (χ0n) is 9.60. The Labute approximate surface area is 99.4 Å². The van der Waals surface area contributed by atoms with Crippen molar-refractivity contribution in [3.63, 3.8) is 0 Å². The van der Waals surface area contributed by atoms with Crippen LogP contribution in [0.2, 0.25) is 0 Å². The standard InChI is InChI=1S/C10H18N4OS/c1-3-9(10(11)14-15)12-5-4-8-6-16-7(2)13-8/h6,9,12,15H,3-5H2,1-2H3,(H2,11,14). The van der Waals surface area contributed by atoms with Crippen molar-refractivity contribution in [3.8, 4) is 0 Å². The lowest BCUT2D eigenvalue weighted by Crippen LogP contribution is -2.41. The van der Waals surface area contributed by atoms with Crippen LogP contribution in [0.5, 0.6) is 0 Å². The van der Waals surface area contributed by atoms with Gasteiger partial charge >= 0.3 is 0 Å². The van der Waals surface area contributed by atoms with E-state index in [9.17, 15) is 0 Å². The van der Waals surface area contributed by atoms with Crippen LogP contribution in [-0.4, -0.2) is 28.6 Å². The molecule has 1 unspecified atom stereocenters. The highest BCUT2D eigenvalue weighted by Gasteiger charge is 2.10. The Morgan fingerprint density at radius 3 is 3.00 bits per heavy atom. The van der Waals surface area contributed by atoms with Crippen molar-refractivity contribution in [2.45, 2.75) is 32.7 Å². The van der Waals surface area contributed by atoms with Crippen molar-refractivity contribution in [2.24, 2.45) is 10.9 Å². The van der Waals surface area contributed by atoms with E-state index in [0.717, 1.165) is 30.1 Å². The number of aryl methyl sites for hydroxylation is 1. The van der Waals surface area contributed by atoms with Crippen LogP contribution >= 0.6 is 11.3 Å². The number of rotatable bonds is 6. The van der Waals surface area contributed by atoms with Crippen molar-refractivity contribution in [3.05, 3.63) is 16.1 Å². The number of oxime groups is 1. The Morgan fingerprint density at radius 2 is 2.50 bits per heavy atom. The summed E-state index contributed by atoms with van der Waals surface area (Å²) in [6.45, 7) is 4.76. The Kier molecular flexibility index (Phi) is 5.21. The number of aromatic nitrogens is 1. The second kappa shape index (κ2) is 6.44. The van der Waals surface area contributed by atoms with E-state index < -0.39 is 0 Å². The lowest BCUT2D eigenvalue weighted by Gasteiger charge is -2.14. The first-order chi connectivity index (χ1) is 7.67. The molecule has 4 N–H and O–H groups in total. The van der Waals surface area contributed by atoms with Crippen LogP contribution in [0.4, 0.5) is 0 Å². The molecular weight excluding hydrogens is 224 g/mol. The summed E-state index contributed by atoms with van der Waals surface area (Å²) >= 11 is 1.65. The Bertz CT molecular complexity index is 350. The van der Waals surface area contributed by atoms with Gasteiger partial charge in [-0.1, -0.05) is 12.1 Å². The molecule has 0 aliphatic carbocycles. The molecule has 1 rings (SSSR count). The van der Waals surface area contributed by atoms with Gasteiger partial charge in [0.25, 0.3) is 0 Å². The highest BCUT2D eigenvalue weighted by molar-refractivity contribution is 7.09. The lowest BCUT2D eigenvalue weighted by atomic mass is 10.2. The molecule has 0 saturated carbocycles. The first kappa shape index (κ1) is 12.9. The van der Waals surface area contributed by atoms with Crippen molar-refractivity contribution >= 4 is 17.2 Å². The molecule has 0 spiro atoms. The van der Waals surface area contributed by atoms with E-state index in [1.54, 1.807) is 11.3 Å². The number of nitrogens with zero attached hydrogens (tertiary/aromatic N) is 2. The fraction of sp³-hybridized carbons (Fsp3) is 0.600. The summed E-state index contributed by atoms with van der Waals surface area (Å²) in [5.41, 5.74) is 6.62. The van der Waals surface area contributed by atoms with Gasteiger partial charge in [0.1, 0.15) is 0 Å². The Balaban J connectivity index is 2.34. The fourth-order valence-corrected chi connectivity index (χ4v) is 2.07. The average Bonchev–Trinajstić information content (AvgIpc) is 2.69. The van der Waals surface area contributed by atoms with E-state index >= 15 is 0 Å². The SMILES string of the molecule is CCC(NCCc1csc(C)n1)C(N)=NO. The molecule has 6 heteroatoms. The van der Waals surface area contributed by atoms with Gasteiger partial charge in [0.05, 0.1) is 16.7 Å². The molecule has 0 fully saturated rings. The van der Waals surface area contributed by atoms with Gasteiger partial charge in [-0.05, 0) is 13.3 Å². The van der Waals surface area contributed by atoms with E-state index in [1.807, 2.05) is 13.8 Å². The molecule has 1 heterocycles. The van der Waals surface area contributed by atoms with E-state index in [0.29, 0.717) is 0 Å². The quantitative estimate of drug-likeness (QED) is 0.302. The minimum atomic E-state index is -0.0651. The molecule has 0 saturated heterocycles. The lowest BCUT2D eigenvalue weighted by molar-refractivity contribution is 0.314. The third-order valence-corrected chi connectivity index (χ3v) is 3.14. The Hall–Kier alpha value is -1.14. The van der Waals surface area contributed by atoms with E-state index in [-0.39, 0.29) is 11.9 Å². The van der Waals surface area contributed by atoms with Crippen LogP contribution in [0.1, 0.15) is 24.0 Å². The molecule has 0 amide bonds. The summed E-state index contributed by atoms with van der Waals surface area (Å²) < 4.78 is 0. The largest absolute Gasteiger partial charge is 0.409 e. The summed E-state index contributed by atoms with van der Waals surface area (Å²) in [5.74, 6) is 0.233. The van der Waals surface area contributed by atoms with Gasteiger partial charge in [-0.3, -0.25) is 0 Å². The maximum Gasteiger partial charge on any atom is 0.156 e. The normalized spacial score (nSPS) is 14.0. The van der Waals surface area contributed by atoms with Crippen LogP contribution in [-0.2, 0) is 6.42 Å². The molecule has 0 aliphatic rings. The summed E-state index contributed by atoms with van der Waals surface area (Å²) in [6, 6.07) is -0.0651. The number of nitrogens with one attached hydrogen (secondary N) is 1. The van der Waals surface area contributed by atoms with Gasteiger partial charge in [-0.2, -0.15) is 0 Å². The second-order valence-corrected chi connectivity index (χ2v) is 4.61. The number of hydrogen-bond acceptors (Lipinski definition) is 5. The molecule has 1 aromatic rings. The smallest absolute Gasteiger partial charge is 0.156 e. The van der Waals surface area contributed by atoms with E-state index in [1.165, 1.54) is 0 Å². The summed E-state index contributed by atoms with van der Waals surface area (Å²) in [5, 5.41) is 17.9. The molecule has 90 valence electrons. The topological polar surface area (TPSA) is 83.5 Å². The highest BCUT2D eigenvalue weighted by Crippen LogP contribution is 2.07. The van der Waals surface area contributed by atoms with Crippen LogP contribution in [0.25, 0.3) is 0 Å². The van der Waals surface area contributed by atoms with Gasteiger partial charge in [0.2, 0.25) is 0 Å². The molecular formula is C10H18N4OS. The third kappa shape index (κ3) is 3.79. The number of amidine groups is 1. The van der Waals surface area contributed by atoms with Crippen molar-refractivity contribution in [1.29, 1.82) is 0 Å². The predicted molar refractivity (Wildman–Crippen MR) is 66.0 cm³/mol. The van der Waals surface area contributed by atoms with Gasteiger partial charge < -0.3 is 16.3 Å². The van der Waals surface area contributed by atoms with Gasteiger partial charge in [0.15, 0.2) is 5.84 Å². The molecule has 0 aromatic carbocycles. The highest BCUT2D eigenvalue weighted by atomic mass is 32.1. The number of nitrogens with two attached hydrogens (primary N) is 1. The van der Waals surface area contributed by atoms with Gasteiger partial charge in [-0.15, -0.1) is 11.3 Å². The summed E-state index contributed by atoms with van der Waals surface area (Å²) in [6.07, 6.45) is 1.66. The molecule has 0 radical (unpaired) electrons. The molecule has 0 aliphatic heterocycles. The van der Waals surface area contributed by atoms with Crippen LogP contribution in [0.15, 0.2) is 10.5 Å². The fourth-order valence-electron chi connectivity index (χ4n) is 1.43. The van der Waals surface area contributed by atoms with Crippen molar-refractivity contribution in [1.82, 2.24) is 10.3 Å². The van der Waals surface area contributed by atoms with E-state index in [2.05, 4.69) is 20.8 Å². The first-order valence-electron chi connectivity index (χ1n) is 5.29.